The van der Waals surface area contributed by atoms with Crippen molar-refractivity contribution in [3.05, 3.63) is 126 Å². The zero-order valence-electron chi connectivity index (χ0n) is 20.2. The monoisotopic (exact) mass is 500 g/mol. The maximum atomic E-state index is 13.6. The Bertz CT molecular complexity index is 1390. The highest BCUT2D eigenvalue weighted by atomic mass is 32.2. The number of benzene rings is 4. The van der Waals surface area contributed by atoms with Crippen LogP contribution in [0.25, 0.3) is 0 Å². The van der Waals surface area contributed by atoms with Crippen LogP contribution >= 0.6 is 0 Å². The van der Waals surface area contributed by atoms with Gasteiger partial charge in [-0.05, 0) is 54.4 Å². The van der Waals surface area contributed by atoms with E-state index in [1.54, 1.807) is 42.5 Å². The summed E-state index contributed by atoms with van der Waals surface area (Å²) in [5, 5.41) is 3.05. The van der Waals surface area contributed by atoms with E-state index in [2.05, 4.69) is 5.32 Å². The van der Waals surface area contributed by atoms with Gasteiger partial charge < -0.3 is 10.1 Å². The molecule has 1 N–H and O–H groups in total. The molecular weight excluding hydrogens is 472 g/mol. The van der Waals surface area contributed by atoms with Crippen molar-refractivity contribution in [2.75, 3.05) is 18.0 Å². The molecule has 0 saturated carbocycles. The standard InChI is InChI=1S/C29H28N2O4S/c1-22-13-15-24(16-14-22)29(23-9-5-3-6-10-23)30-28(32)21-31(25-17-19-26(35-2)20-18-25)36(33,34)27-11-7-4-8-12-27/h3-20,29H,21H2,1-2H3,(H,30,32)/t29-/m1/s1. The van der Waals surface area contributed by atoms with E-state index in [4.69, 9.17) is 4.74 Å². The molecule has 6 nitrogen and oxygen atoms in total. The van der Waals surface area contributed by atoms with Crippen LogP contribution in [0.5, 0.6) is 5.75 Å². The second-order valence-electron chi connectivity index (χ2n) is 8.34. The van der Waals surface area contributed by atoms with Crippen LogP contribution in [0.15, 0.2) is 114 Å². The summed E-state index contributed by atoms with van der Waals surface area (Å²) < 4.78 is 33.5. The molecular formula is C29H28N2O4S. The molecule has 7 heteroatoms. The molecule has 1 atom stereocenters. The van der Waals surface area contributed by atoms with Gasteiger partial charge >= 0.3 is 0 Å². The molecule has 0 unspecified atom stereocenters. The number of amides is 1. The number of sulfonamides is 1. The zero-order chi connectivity index (χ0) is 25.5. The van der Waals surface area contributed by atoms with Crippen molar-refractivity contribution in [1.29, 1.82) is 0 Å². The molecule has 0 bridgehead atoms. The van der Waals surface area contributed by atoms with Gasteiger partial charge in [0.1, 0.15) is 12.3 Å². The van der Waals surface area contributed by atoms with Gasteiger partial charge in [-0.2, -0.15) is 0 Å². The number of nitrogens with zero attached hydrogens (tertiary/aromatic N) is 1. The fourth-order valence-corrected chi connectivity index (χ4v) is 5.33. The van der Waals surface area contributed by atoms with Crippen LogP contribution in [0.1, 0.15) is 22.7 Å². The molecule has 0 aliphatic heterocycles. The van der Waals surface area contributed by atoms with Crippen molar-refractivity contribution < 1.29 is 17.9 Å². The third-order valence-corrected chi connectivity index (χ3v) is 7.62. The molecule has 4 aromatic rings. The van der Waals surface area contributed by atoms with E-state index in [9.17, 15) is 13.2 Å². The van der Waals surface area contributed by atoms with E-state index in [0.717, 1.165) is 21.0 Å². The largest absolute Gasteiger partial charge is 0.497 e. The highest BCUT2D eigenvalue weighted by Gasteiger charge is 2.28. The summed E-state index contributed by atoms with van der Waals surface area (Å²) >= 11 is 0. The molecule has 0 saturated heterocycles. The zero-order valence-corrected chi connectivity index (χ0v) is 21.0. The number of hydrogen-bond donors (Lipinski definition) is 1. The number of hydrogen-bond acceptors (Lipinski definition) is 4. The third kappa shape index (κ3) is 5.75. The summed E-state index contributed by atoms with van der Waals surface area (Å²) in [5.74, 6) is 0.156. The smallest absolute Gasteiger partial charge is 0.264 e. The van der Waals surface area contributed by atoms with Gasteiger partial charge in [-0.25, -0.2) is 8.42 Å². The number of ether oxygens (including phenoxy) is 1. The first-order valence-corrected chi connectivity index (χ1v) is 13.0. The lowest BCUT2D eigenvalue weighted by Gasteiger charge is -2.26. The van der Waals surface area contributed by atoms with E-state index in [1.165, 1.54) is 19.2 Å². The molecule has 1 amide bonds. The summed E-state index contributed by atoms with van der Waals surface area (Å²) in [6, 6.07) is 31.8. The molecule has 4 rings (SSSR count). The van der Waals surface area contributed by atoms with Gasteiger partial charge in [0.05, 0.1) is 23.7 Å². The second kappa shape index (κ2) is 11.1. The Morgan fingerprint density at radius 1 is 0.806 bits per heavy atom. The van der Waals surface area contributed by atoms with Crippen molar-refractivity contribution in [3.8, 4) is 5.75 Å². The fourth-order valence-electron chi connectivity index (χ4n) is 3.88. The van der Waals surface area contributed by atoms with E-state index in [1.807, 2.05) is 61.5 Å². The highest BCUT2D eigenvalue weighted by Crippen LogP contribution is 2.27. The van der Waals surface area contributed by atoms with Crippen molar-refractivity contribution in [1.82, 2.24) is 5.32 Å². The maximum Gasteiger partial charge on any atom is 0.264 e. The van der Waals surface area contributed by atoms with Crippen molar-refractivity contribution >= 4 is 21.6 Å². The quantitative estimate of drug-likeness (QED) is 0.347. The molecule has 36 heavy (non-hydrogen) atoms. The lowest BCUT2D eigenvalue weighted by atomic mass is 9.98. The highest BCUT2D eigenvalue weighted by molar-refractivity contribution is 7.92. The minimum atomic E-state index is -4.01. The number of methoxy groups -OCH3 is 1. The lowest BCUT2D eigenvalue weighted by molar-refractivity contribution is -0.120. The topological polar surface area (TPSA) is 75.7 Å². The predicted molar refractivity (Wildman–Crippen MR) is 142 cm³/mol. The van der Waals surface area contributed by atoms with Crippen LogP contribution in [0.2, 0.25) is 0 Å². The van der Waals surface area contributed by atoms with E-state index in [-0.39, 0.29) is 4.90 Å². The van der Waals surface area contributed by atoms with E-state index in [0.29, 0.717) is 11.4 Å². The number of carbonyl (C=O) groups is 1. The number of anilines is 1. The number of nitrogens with one attached hydrogen (secondary N) is 1. The number of aryl methyl sites for hydroxylation is 1. The van der Waals surface area contributed by atoms with Gasteiger partial charge in [-0.15, -0.1) is 0 Å². The van der Waals surface area contributed by atoms with Crippen molar-refractivity contribution in [2.45, 2.75) is 17.9 Å². The third-order valence-electron chi connectivity index (χ3n) is 5.83. The summed E-state index contributed by atoms with van der Waals surface area (Å²) in [5.41, 5.74) is 3.27. The van der Waals surface area contributed by atoms with Crippen LogP contribution in [-0.4, -0.2) is 28.0 Å². The molecule has 0 radical (unpaired) electrons. The predicted octanol–water partition coefficient (Wildman–Crippen LogP) is 5.10. The first-order valence-electron chi connectivity index (χ1n) is 11.5. The average Bonchev–Trinajstić information content (AvgIpc) is 2.92. The van der Waals surface area contributed by atoms with Crippen LogP contribution in [0, 0.1) is 6.92 Å². The number of rotatable bonds is 9. The van der Waals surface area contributed by atoms with Crippen LogP contribution < -0.4 is 14.4 Å². The Labute approximate surface area is 212 Å². The summed E-state index contributed by atoms with van der Waals surface area (Å²) in [6.45, 7) is 1.61. The second-order valence-corrected chi connectivity index (χ2v) is 10.2. The lowest BCUT2D eigenvalue weighted by Crippen LogP contribution is -2.42. The molecule has 0 aromatic heterocycles. The Balaban J connectivity index is 1.67. The Kier molecular flexibility index (Phi) is 7.71. The van der Waals surface area contributed by atoms with Gasteiger partial charge in [-0.3, -0.25) is 9.10 Å². The van der Waals surface area contributed by atoms with Crippen molar-refractivity contribution in [2.24, 2.45) is 0 Å². The van der Waals surface area contributed by atoms with Gasteiger partial charge in [0, 0.05) is 0 Å². The number of carbonyl (C=O) groups excluding carboxylic acids is 1. The minimum Gasteiger partial charge on any atom is -0.497 e. The molecule has 0 fully saturated rings. The molecule has 4 aromatic carbocycles. The Morgan fingerprint density at radius 2 is 1.36 bits per heavy atom. The summed E-state index contributed by atoms with van der Waals surface area (Å²) in [4.78, 5) is 13.5. The fraction of sp³-hybridized carbons (Fsp3) is 0.138. The molecule has 0 aliphatic rings. The van der Waals surface area contributed by atoms with Gasteiger partial charge in [-0.1, -0.05) is 78.4 Å². The first kappa shape index (κ1) is 25.0. The molecule has 0 aliphatic carbocycles. The van der Waals surface area contributed by atoms with E-state index < -0.39 is 28.5 Å². The first-order chi connectivity index (χ1) is 17.4. The van der Waals surface area contributed by atoms with E-state index >= 15 is 0 Å². The van der Waals surface area contributed by atoms with Gasteiger partial charge in [0.25, 0.3) is 10.0 Å². The average molecular weight is 501 g/mol. The van der Waals surface area contributed by atoms with Crippen LogP contribution in [0.3, 0.4) is 0 Å². The van der Waals surface area contributed by atoms with Crippen LogP contribution in [0.4, 0.5) is 5.69 Å². The normalized spacial score (nSPS) is 11.9. The van der Waals surface area contributed by atoms with Gasteiger partial charge in [0.15, 0.2) is 0 Å². The summed E-state index contributed by atoms with van der Waals surface area (Å²) in [7, 11) is -2.47. The van der Waals surface area contributed by atoms with Crippen molar-refractivity contribution in [3.63, 3.8) is 0 Å². The Hall–Kier alpha value is -4.10. The maximum absolute atomic E-state index is 13.6. The summed E-state index contributed by atoms with van der Waals surface area (Å²) in [6.07, 6.45) is 0. The van der Waals surface area contributed by atoms with Gasteiger partial charge in [0.2, 0.25) is 5.91 Å². The molecule has 184 valence electrons. The van der Waals surface area contributed by atoms with Crippen LogP contribution in [-0.2, 0) is 14.8 Å². The SMILES string of the molecule is COc1ccc(N(CC(=O)N[C@H](c2ccccc2)c2ccc(C)cc2)S(=O)(=O)c2ccccc2)cc1. The Morgan fingerprint density at radius 3 is 1.94 bits per heavy atom. The molecule has 0 heterocycles. The minimum absolute atomic E-state index is 0.103. The molecule has 0 spiro atoms.